The second-order valence-corrected chi connectivity index (χ2v) is 4.06. The molecule has 0 aliphatic carbocycles. The first-order valence-corrected chi connectivity index (χ1v) is 5.54. The predicted molar refractivity (Wildman–Crippen MR) is 60.1 cm³/mol. The van der Waals surface area contributed by atoms with Crippen LogP contribution in [0.1, 0.15) is 28.9 Å². The standard InChI is InChI=1S/C12H13N3O2/c13-8-10-7-9(1-4-14-10)12(17)15-5-2-11(16)3-6-15/h1,4,7,11,16H,2-3,5-6H2. The lowest BCUT2D eigenvalue weighted by Crippen LogP contribution is -2.40. The van der Waals surface area contributed by atoms with Crippen LogP contribution < -0.4 is 0 Å². The van der Waals surface area contributed by atoms with Crippen LogP contribution >= 0.6 is 0 Å². The van der Waals surface area contributed by atoms with Gasteiger partial charge in [0, 0.05) is 24.8 Å². The molecule has 0 unspecified atom stereocenters. The lowest BCUT2D eigenvalue weighted by molar-refractivity contribution is 0.0546. The van der Waals surface area contributed by atoms with Crippen molar-refractivity contribution in [3.05, 3.63) is 29.6 Å². The number of rotatable bonds is 1. The van der Waals surface area contributed by atoms with Crippen molar-refractivity contribution in [1.82, 2.24) is 9.88 Å². The highest BCUT2D eigenvalue weighted by molar-refractivity contribution is 5.94. The minimum absolute atomic E-state index is 0.101. The molecule has 1 aliphatic heterocycles. The van der Waals surface area contributed by atoms with Gasteiger partial charge in [-0.1, -0.05) is 0 Å². The largest absolute Gasteiger partial charge is 0.393 e. The minimum Gasteiger partial charge on any atom is -0.393 e. The summed E-state index contributed by atoms with van der Waals surface area (Å²) in [6, 6.07) is 5.01. The van der Waals surface area contributed by atoms with Gasteiger partial charge in [-0.25, -0.2) is 4.98 Å². The lowest BCUT2D eigenvalue weighted by Gasteiger charge is -2.29. The van der Waals surface area contributed by atoms with E-state index >= 15 is 0 Å². The van der Waals surface area contributed by atoms with E-state index < -0.39 is 0 Å². The lowest BCUT2D eigenvalue weighted by atomic mass is 10.1. The third kappa shape index (κ3) is 2.60. The van der Waals surface area contributed by atoms with Gasteiger partial charge in [0.25, 0.3) is 5.91 Å². The molecule has 0 radical (unpaired) electrons. The highest BCUT2D eigenvalue weighted by Crippen LogP contribution is 2.13. The molecule has 0 bridgehead atoms. The van der Waals surface area contributed by atoms with Crippen LogP contribution in [0.25, 0.3) is 0 Å². The molecule has 2 heterocycles. The molecular formula is C12H13N3O2. The topological polar surface area (TPSA) is 77.2 Å². The summed E-state index contributed by atoms with van der Waals surface area (Å²) in [7, 11) is 0. The van der Waals surface area contributed by atoms with Gasteiger partial charge in [-0.05, 0) is 25.0 Å². The van der Waals surface area contributed by atoms with E-state index in [1.165, 1.54) is 12.3 Å². The smallest absolute Gasteiger partial charge is 0.254 e. The molecule has 1 saturated heterocycles. The Labute approximate surface area is 99.3 Å². The van der Waals surface area contributed by atoms with Crippen LogP contribution in [0.3, 0.4) is 0 Å². The summed E-state index contributed by atoms with van der Waals surface area (Å²) in [6.07, 6.45) is 2.39. The maximum Gasteiger partial charge on any atom is 0.254 e. The van der Waals surface area contributed by atoms with E-state index in [1.54, 1.807) is 11.0 Å². The second-order valence-electron chi connectivity index (χ2n) is 4.06. The van der Waals surface area contributed by atoms with E-state index in [-0.39, 0.29) is 17.7 Å². The van der Waals surface area contributed by atoms with Crippen LogP contribution in [-0.4, -0.2) is 40.1 Å². The number of nitrogens with zero attached hydrogens (tertiary/aromatic N) is 3. The van der Waals surface area contributed by atoms with Gasteiger partial charge < -0.3 is 10.0 Å². The van der Waals surface area contributed by atoms with Crippen LogP contribution in [0.5, 0.6) is 0 Å². The summed E-state index contributed by atoms with van der Waals surface area (Å²) in [5, 5.41) is 18.1. The quantitative estimate of drug-likeness (QED) is 0.765. The molecule has 1 fully saturated rings. The number of likely N-dealkylation sites (tertiary alicyclic amines) is 1. The number of aliphatic hydroxyl groups excluding tert-OH is 1. The molecule has 0 saturated carbocycles. The molecule has 1 aliphatic rings. The summed E-state index contributed by atoms with van der Waals surface area (Å²) >= 11 is 0. The molecule has 88 valence electrons. The van der Waals surface area contributed by atoms with Crippen molar-refractivity contribution in [1.29, 1.82) is 5.26 Å². The SMILES string of the molecule is N#Cc1cc(C(=O)N2CCC(O)CC2)ccn1. The van der Waals surface area contributed by atoms with E-state index in [0.717, 1.165) is 0 Å². The van der Waals surface area contributed by atoms with Crippen molar-refractivity contribution in [3.63, 3.8) is 0 Å². The van der Waals surface area contributed by atoms with Crippen LogP contribution in [0.4, 0.5) is 0 Å². The summed E-state index contributed by atoms with van der Waals surface area (Å²) in [5.74, 6) is -0.101. The first kappa shape index (κ1) is 11.6. The molecule has 0 atom stereocenters. The van der Waals surface area contributed by atoms with Crippen molar-refractivity contribution in [3.8, 4) is 6.07 Å². The Balaban J connectivity index is 2.11. The van der Waals surface area contributed by atoms with Crippen molar-refractivity contribution in [2.45, 2.75) is 18.9 Å². The average Bonchev–Trinajstić information content (AvgIpc) is 2.39. The van der Waals surface area contributed by atoms with E-state index in [2.05, 4.69) is 4.98 Å². The van der Waals surface area contributed by atoms with E-state index in [0.29, 0.717) is 31.5 Å². The van der Waals surface area contributed by atoms with Gasteiger partial charge in [-0.15, -0.1) is 0 Å². The van der Waals surface area contributed by atoms with Crippen molar-refractivity contribution >= 4 is 5.91 Å². The van der Waals surface area contributed by atoms with Crippen LogP contribution in [0, 0.1) is 11.3 Å². The van der Waals surface area contributed by atoms with Gasteiger partial charge in [0.1, 0.15) is 11.8 Å². The van der Waals surface area contributed by atoms with E-state index in [4.69, 9.17) is 5.26 Å². The molecule has 5 nitrogen and oxygen atoms in total. The first-order chi connectivity index (χ1) is 8.20. The highest BCUT2D eigenvalue weighted by Gasteiger charge is 2.22. The molecule has 0 spiro atoms. The molecule has 1 aromatic rings. The van der Waals surface area contributed by atoms with E-state index in [9.17, 15) is 9.90 Å². The predicted octanol–water partition coefficient (Wildman–Crippen LogP) is 0.550. The Morgan fingerprint density at radius 1 is 1.53 bits per heavy atom. The fourth-order valence-corrected chi connectivity index (χ4v) is 1.88. The number of amides is 1. The molecule has 5 heteroatoms. The minimum atomic E-state index is -0.300. The summed E-state index contributed by atoms with van der Waals surface area (Å²) < 4.78 is 0. The first-order valence-electron chi connectivity index (χ1n) is 5.54. The van der Waals surface area contributed by atoms with Gasteiger partial charge in [0.2, 0.25) is 0 Å². The zero-order valence-electron chi connectivity index (χ0n) is 9.33. The van der Waals surface area contributed by atoms with Crippen LogP contribution in [-0.2, 0) is 0 Å². The molecule has 1 amide bonds. The van der Waals surface area contributed by atoms with Crippen LogP contribution in [0.15, 0.2) is 18.3 Å². The number of nitriles is 1. The Kier molecular flexibility index (Phi) is 3.35. The fraction of sp³-hybridized carbons (Fsp3) is 0.417. The Morgan fingerprint density at radius 2 is 2.24 bits per heavy atom. The molecule has 1 N–H and O–H groups in total. The number of carbonyl (C=O) groups excluding carboxylic acids is 1. The monoisotopic (exact) mass is 231 g/mol. The van der Waals surface area contributed by atoms with Gasteiger partial charge >= 0.3 is 0 Å². The number of carbonyl (C=O) groups is 1. The van der Waals surface area contributed by atoms with Crippen molar-refractivity contribution in [2.75, 3.05) is 13.1 Å². The number of aliphatic hydroxyl groups is 1. The van der Waals surface area contributed by atoms with Gasteiger partial charge in [-0.2, -0.15) is 5.26 Å². The number of piperidine rings is 1. The summed E-state index contributed by atoms with van der Waals surface area (Å²) in [6.45, 7) is 1.12. The summed E-state index contributed by atoms with van der Waals surface area (Å²) in [4.78, 5) is 17.6. The fourth-order valence-electron chi connectivity index (χ4n) is 1.88. The molecular weight excluding hydrogens is 218 g/mol. The Morgan fingerprint density at radius 3 is 2.88 bits per heavy atom. The average molecular weight is 231 g/mol. The van der Waals surface area contributed by atoms with Gasteiger partial charge in [0.15, 0.2) is 0 Å². The van der Waals surface area contributed by atoms with Crippen LogP contribution in [0.2, 0.25) is 0 Å². The van der Waals surface area contributed by atoms with Gasteiger partial charge in [-0.3, -0.25) is 4.79 Å². The number of hydrogen-bond acceptors (Lipinski definition) is 4. The molecule has 2 rings (SSSR count). The maximum absolute atomic E-state index is 12.1. The van der Waals surface area contributed by atoms with Crippen molar-refractivity contribution < 1.29 is 9.90 Å². The number of aromatic nitrogens is 1. The third-order valence-electron chi connectivity index (χ3n) is 2.87. The number of pyridine rings is 1. The van der Waals surface area contributed by atoms with Crippen molar-refractivity contribution in [2.24, 2.45) is 0 Å². The zero-order valence-corrected chi connectivity index (χ0v) is 9.33. The Hall–Kier alpha value is -1.93. The van der Waals surface area contributed by atoms with Gasteiger partial charge in [0.05, 0.1) is 6.10 Å². The zero-order chi connectivity index (χ0) is 12.3. The second kappa shape index (κ2) is 4.93. The Bertz CT molecular complexity index is 459. The molecule has 1 aromatic heterocycles. The number of hydrogen-bond donors (Lipinski definition) is 1. The normalized spacial score (nSPS) is 16.6. The third-order valence-corrected chi connectivity index (χ3v) is 2.87. The van der Waals surface area contributed by atoms with E-state index in [1.807, 2.05) is 6.07 Å². The molecule has 17 heavy (non-hydrogen) atoms. The maximum atomic E-state index is 12.1. The molecule has 0 aromatic carbocycles. The summed E-state index contributed by atoms with van der Waals surface area (Å²) in [5.41, 5.74) is 0.723. The highest BCUT2D eigenvalue weighted by atomic mass is 16.3.